The molecule has 1 aromatic heterocycles. The molecule has 0 saturated carbocycles. The molecule has 2 aliphatic rings. The van der Waals surface area contributed by atoms with Crippen LogP contribution in [0.25, 0.3) is 6.08 Å². The molecule has 3 aromatic rings. The average Bonchev–Trinajstić information content (AvgIpc) is 3.32. The van der Waals surface area contributed by atoms with Crippen LogP contribution in [0.4, 0.5) is 0 Å². The molecule has 0 aliphatic carbocycles. The summed E-state index contributed by atoms with van der Waals surface area (Å²) in [5.74, 6) is 0.862. The van der Waals surface area contributed by atoms with Gasteiger partial charge in [-0.1, -0.05) is 42.2 Å². The zero-order valence-electron chi connectivity index (χ0n) is 16.8. The predicted molar refractivity (Wildman–Crippen MR) is 119 cm³/mol. The highest BCUT2D eigenvalue weighted by Gasteiger charge is 2.30. The van der Waals surface area contributed by atoms with E-state index in [2.05, 4.69) is 11.6 Å². The Bertz CT molecular complexity index is 1430. The van der Waals surface area contributed by atoms with Crippen LogP contribution in [0.2, 0.25) is 0 Å². The van der Waals surface area contributed by atoms with Crippen LogP contribution >= 0.6 is 11.3 Å². The molecule has 156 valence electrons. The topological polar surface area (TPSA) is 84.1 Å². The normalized spacial score (nSPS) is 17.7. The van der Waals surface area contributed by atoms with Gasteiger partial charge in [-0.3, -0.25) is 9.36 Å². The van der Waals surface area contributed by atoms with Crippen molar-refractivity contribution >= 4 is 17.4 Å². The monoisotopic (exact) mass is 432 g/mol. The van der Waals surface area contributed by atoms with Crippen LogP contribution in [-0.4, -0.2) is 21.4 Å². The maximum absolute atomic E-state index is 13.4. The number of fused-ring (bicyclic) bond motifs is 2. The molecular weight excluding hydrogens is 412 g/mol. The molecule has 1 atom stereocenters. The summed E-state index contributed by atoms with van der Waals surface area (Å²) in [5, 5.41) is 19.9. The van der Waals surface area contributed by atoms with E-state index in [4.69, 9.17) is 4.74 Å². The number of phenolic OH excluding ortho intramolecular Hbond substituents is 1. The summed E-state index contributed by atoms with van der Waals surface area (Å²) in [5.41, 5.74) is 3.70. The first-order chi connectivity index (χ1) is 14.9. The molecule has 0 bridgehead atoms. The van der Waals surface area contributed by atoms with E-state index in [1.54, 1.807) is 34.9 Å². The van der Waals surface area contributed by atoms with Gasteiger partial charge in [0, 0.05) is 17.7 Å². The first kappa shape index (κ1) is 19.4. The van der Waals surface area contributed by atoms with E-state index in [1.807, 2.05) is 25.1 Å². The molecule has 3 heterocycles. The first-order valence-corrected chi connectivity index (χ1v) is 10.7. The van der Waals surface area contributed by atoms with Crippen molar-refractivity contribution in [3.05, 3.63) is 102 Å². The largest absolute Gasteiger partial charge is 0.508 e. The van der Waals surface area contributed by atoms with Gasteiger partial charge in [-0.15, -0.1) is 0 Å². The second-order valence-corrected chi connectivity index (χ2v) is 8.59. The molecule has 0 fully saturated rings. The molecule has 1 unspecified atom stereocenters. The summed E-state index contributed by atoms with van der Waals surface area (Å²) < 4.78 is 7.86. The van der Waals surface area contributed by atoms with Gasteiger partial charge in [-0.25, -0.2) is 4.99 Å². The van der Waals surface area contributed by atoms with Crippen molar-refractivity contribution in [1.29, 1.82) is 0 Å². The van der Waals surface area contributed by atoms with E-state index in [-0.39, 0.29) is 17.1 Å². The van der Waals surface area contributed by atoms with Gasteiger partial charge < -0.3 is 14.9 Å². The fourth-order valence-electron chi connectivity index (χ4n) is 4.08. The quantitative estimate of drug-likeness (QED) is 0.624. The summed E-state index contributed by atoms with van der Waals surface area (Å²) >= 11 is 1.29. The number of nitrogens with zero attached hydrogens (tertiary/aromatic N) is 2. The molecule has 0 spiro atoms. The van der Waals surface area contributed by atoms with E-state index < -0.39 is 6.04 Å². The van der Waals surface area contributed by atoms with E-state index in [0.717, 1.165) is 28.9 Å². The van der Waals surface area contributed by atoms with E-state index >= 15 is 0 Å². The molecule has 2 aromatic carbocycles. The van der Waals surface area contributed by atoms with Crippen molar-refractivity contribution in [2.24, 2.45) is 4.99 Å². The molecule has 0 radical (unpaired) electrons. The zero-order valence-corrected chi connectivity index (χ0v) is 17.6. The Balaban J connectivity index is 1.73. The Hall–Kier alpha value is -3.58. The number of benzene rings is 2. The highest BCUT2D eigenvalue weighted by Crippen LogP contribution is 2.36. The summed E-state index contributed by atoms with van der Waals surface area (Å²) in [4.78, 5) is 18.6. The number of phenols is 1. The number of aromatic nitrogens is 1. The zero-order chi connectivity index (χ0) is 21.7. The van der Waals surface area contributed by atoms with Crippen LogP contribution in [0.5, 0.6) is 11.5 Å². The van der Waals surface area contributed by atoms with Gasteiger partial charge in [0.1, 0.15) is 17.3 Å². The Morgan fingerprint density at radius 2 is 2.06 bits per heavy atom. The maximum atomic E-state index is 13.4. The fourth-order valence-corrected chi connectivity index (χ4v) is 5.13. The van der Waals surface area contributed by atoms with Crippen LogP contribution in [0.1, 0.15) is 29.7 Å². The van der Waals surface area contributed by atoms with Crippen LogP contribution in [-0.2, 0) is 6.42 Å². The predicted octanol–water partition coefficient (Wildman–Crippen LogP) is 2.95. The first-order valence-electron chi connectivity index (χ1n) is 9.88. The second kappa shape index (κ2) is 7.28. The summed E-state index contributed by atoms with van der Waals surface area (Å²) in [7, 11) is 0. The summed E-state index contributed by atoms with van der Waals surface area (Å²) in [6, 6.07) is 12.0. The number of allylic oxidation sites excluding steroid dienone is 2. The van der Waals surface area contributed by atoms with E-state index in [1.165, 1.54) is 11.3 Å². The number of aliphatic hydroxyl groups excluding tert-OH is 1. The standard InChI is InChI=1S/C24H20N2O4S/c1-13-21(14(2)27)22(17-6-5-16-9-10-30-19(16)12-17)26-23(29)20(31-24(26)25-13)11-15-3-7-18(28)8-4-15/h3-8,11-12,22,27-28H,2,9-10H2,1H3/b20-11-. The Morgan fingerprint density at radius 1 is 1.29 bits per heavy atom. The second-order valence-electron chi connectivity index (χ2n) is 7.59. The number of rotatable bonds is 3. The van der Waals surface area contributed by atoms with E-state index in [9.17, 15) is 15.0 Å². The maximum Gasteiger partial charge on any atom is 0.271 e. The Labute approximate surface area is 182 Å². The van der Waals surface area contributed by atoms with Gasteiger partial charge in [-0.05, 0) is 47.9 Å². The van der Waals surface area contributed by atoms with Crippen molar-refractivity contribution in [2.75, 3.05) is 6.61 Å². The highest BCUT2D eigenvalue weighted by molar-refractivity contribution is 7.07. The van der Waals surface area contributed by atoms with Gasteiger partial charge in [0.05, 0.1) is 17.2 Å². The SMILES string of the molecule is C=C(O)C1=C(C)N=c2s/c(=C\c3ccc(O)cc3)c(=O)n2C1c1ccc2c(c1)OCC2. The molecule has 7 heteroatoms. The van der Waals surface area contributed by atoms with Crippen molar-refractivity contribution in [3.63, 3.8) is 0 Å². The lowest BCUT2D eigenvalue weighted by Crippen LogP contribution is -2.38. The van der Waals surface area contributed by atoms with Gasteiger partial charge in [0.15, 0.2) is 4.80 Å². The van der Waals surface area contributed by atoms with Crippen molar-refractivity contribution in [3.8, 4) is 11.5 Å². The van der Waals surface area contributed by atoms with E-state index in [0.29, 0.717) is 27.2 Å². The molecule has 0 saturated heterocycles. The number of hydrogen-bond donors (Lipinski definition) is 2. The van der Waals surface area contributed by atoms with Gasteiger partial charge in [0.2, 0.25) is 0 Å². The number of aliphatic hydroxyl groups is 1. The Morgan fingerprint density at radius 3 is 2.81 bits per heavy atom. The molecule has 2 aliphatic heterocycles. The number of thiazole rings is 1. The molecule has 2 N–H and O–H groups in total. The van der Waals surface area contributed by atoms with Crippen LogP contribution in [0.3, 0.4) is 0 Å². The number of hydrogen-bond acceptors (Lipinski definition) is 6. The van der Waals surface area contributed by atoms with Crippen molar-refractivity contribution in [2.45, 2.75) is 19.4 Å². The third-order valence-electron chi connectivity index (χ3n) is 5.56. The van der Waals surface area contributed by atoms with Crippen molar-refractivity contribution < 1.29 is 14.9 Å². The van der Waals surface area contributed by atoms with Gasteiger partial charge in [-0.2, -0.15) is 0 Å². The fraction of sp³-hybridized carbons (Fsp3) is 0.167. The van der Waals surface area contributed by atoms with Crippen LogP contribution in [0, 0.1) is 0 Å². The van der Waals surface area contributed by atoms with Crippen LogP contribution in [0.15, 0.2) is 75.9 Å². The van der Waals surface area contributed by atoms with Crippen LogP contribution < -0.4 is 19.6 Å². The van der Waals surface area contributed by atoms with Gasteiger partial charge >= 0.3 is 0 Å². The van der Waals surface area contributed by atoms with Gasteiger partial charge in [0.25, 0.3) is 5.56 Å². The number of aromatic hydroxyl groups is 1. The van der Waals surface area contributed by atoms with Crippen molar-refractivity contribution in [1.82, 2.24) is 4.57 Å². The third kappa shape index (κ3) is 3.27. The molecule has 0 amide bonds. The summed E-state index contributed by atoms with van der Waals surface area (Å²) in [6.45, 7) is 6.18. The smallest absolute Gasteiger partial charge is 0.271 e. The lowest BCUT2D eigenvalue weighted by molar-refractivity contribution is 0.356. The molecule has 5 rings (SSSR count). The molecular formula is C24H20N2O4S. The molecule has 6 nitrogen and oxygen atoms in total. The minimum atomic E-state index is -0.551. The minimum Gasteiger partial charge on any atom is -0.508 e. The lowest BCUT2D eigenvalue weighted by Gasteiger charge is -2.25. The Kier molecular flexibility index (Phi) is 4.55. The molecule has 31 heavy (non-hydrogen) atoms. The minimum absolute atomic E-state index is 0.111. The summed E-state index contributed by atoms with van der Waals surface area (Å²) in [6.07, 6.45) is 2.64. The number of ether oxygens (including phenoxy) is 1. The lowest BCUT2D eigenvalue weighted by atomic mass is 9.93. The third-order valence-corrected chi connectivity index (χ3v) is 6.54. The highest BCUT2D eigenvalue weighted by atomic mass is 32.1. The average molecular weight is 433 g/mol.